The van der Waals surface area contributed by atoms with Gasteiger partial charge in [-0.15, -0.1) is 0 Å². The third-order valence-electron chi connectivity index (χ3n) is 2.96. The monoisotopic (exact) mass is 306 g/mol. The molecule has 2 aromatic carbocycles. The Labute approximate surface area is 133 Å². The van der Waals surface area contributed by atoms with E-state index in [1.54, 1.807) is 55.6 Å². The summed E-state index contributed by atoms with van der Waals surface area (Å²) >= 11 is 0. The third kappa shape index (κ3) is 4.25. The maximum Gasteiger partial charge on any atom is 0.289 e. The summed E-state index contributed by atoms with van der Waals surface area (Å²) in [4.78, 5) is 23.9. The van der Waals surface area contributed by atoms with Gasteiger partial charge in [-0.05, 0) is 24.3 Å². The summed E-state index contributed by atoms with van der Waals surface area (Å²) < 4.78 is 0. The minimum absolute atomic E-state index is 0.328. The summed E-state index contributed by atoms with van der Waals surface area (Å²) in [5, 5.41) is 16.6. The molecule has 0 radical (unpaired) electrons. The van der Waals surface area contributed by atoms with Crippen LogP contribution in [0.5, 0.6) is 0 Å². The fourth-order valence-electron chi connectivity index (χ4n) is 1.79. The predicted molar refractivity (Wildman–Crippen MR) is 86.8 cm³/mol. The van der Waals surface area contributed by atoms with Gasteiger partial charge in [0.25, 0.3) is 11.8 Å². The van der Waals surface area contributed by atoms with Gasteiger partial charge in [0.1, 0.15) is 6.07 Å². The molecule has 0 bridgehead atoms. The zero-order valence-corrected chi connectivity index (χ0v) is 12.4. The van der Waals surface area contributed by atoms with Crippen molar-refractivity contribution in [1.29, 1.82) is 5.26 Å². The minimum Gasteiger partial charge on any atom is -0.286 e. The van der Waals surface area contributed by atoms with Crippen LogP contribution in [0.3, 0.4) is 0 Å². The molecule has 0 spiro atoms. The summed E-state index contributed by atoms with van der Waals surface area (Å²) in [5.41, 5.74) is 0.637. The highest BCUT2D eigenvalue weighted by atomic mass is 16.2. The number of benzene rings is 2. The first kappa shape index (κ1) is 15.9. The first-order valence-corrected chi connectivity index (χ1v) is 6.80. The molecule has 6 heteroatoms. The molecule has 1 N–H and O–H groups in total. The maximum absolute atomic E-state index is 12.0. The molecule has 2 rings (SSSR count). The lowest BCUT2D eigenvalue weighted by Gasteiger charge is -2.13. The number of nitriles is 1. The van der Waals surface area contributed by atoms with Crippen LogP contribution in [0.2, 0.25) is 0 Å². The molecule has 23 heavy (non-hydrogen) atoms. The van der Waals surface area contributed by atoms with Gasteiger partial charge in [0, 0.05) is 12.6 Å². The van der Waals surface area contributed by atoms with Crippen molar-refractivity contribution in [3.63, 3.8) is 0 Å². The Balaban J connectivity index is 2.11. The number of hydrazone groups is 1. The van der Waals surface area contributed by atoms with Crippen molar-refractivity contribution in [2.75, 3.05) is 12.1 Å². The zero-order valence-electron chi connectivity index (χ0n) is 12.4. The Morgan fingerprint density at radius 1 is 1.04 bits per heavy atom. The number of amides is 2. The maximum atomic E-state index is 12.0. The molecule has 6 nitrogen and oxygen atoms in total. The second-order valence-corrected chi connectivity index (χ2v) is 4.57. The summed E-state index contributed by atoms with van der Waals surface area (Å²) in [7, 11) is 1.61. The van der Waals surface area contributed by atoms with Crippen molar-refractivity contribution in [3.8, 4) is 6.07 Å². The first-order chi connectivity index (χ1) is 11.1. The number of nitrogens with one attached hydrogen (secondary N) is 1. The van der Waals surface area contributed by atoms with Crippen molar-refractivity contribution >= 4 is 23.2 Å². The highest BCUT2D eigenvalue weighted by Gasteiger charge is 2.16. The SMILES string of the molecule is CN(/N=C(\C#N)C(=O)NC(=O)c1ccccc1)c1ccccc1. The Morgan fingerprint density at radius 3 is 2.17 bits per heavy atom. The molecule has 0 heterocycles. The van der Waals surface area contributed by atoms with Crippen LogP contribution in [0.15, 0.2) is 65.8 Å². The second kappa shape index (κ2) is 7.52. The number of nitrogens with zero attached hydrogens (tertiary/aromatic N) is 3. The van der Waals surface area contributed by atoms with Crippen LogP contribution < -0.4 is 10.3 Å². The number of anilines is 1. The highest BCUT2D eigenvalue weighted by Crippen LogP contribution is 2.11. The number of carbonyl (C=O) groups excluding carboxylic acids is 2. The number of imide groups is 1. The molecule has 0 aliphatic rings. The van der Waals surface area contributed by atoms with Gasteiger partial charge < -0.3 is 0 Å². The number of hydrogen-bond donors (Lipinski definition) is 1. The van der Waals surface area contributed by atoms with Crippen molar-refractivity contribution in [2.24, 2.45) is 5.10 Å². The van der Waals surface area contributed by atoms with E-state index >= 15 is 0 Å². The molecule has 0 saturated heterocycles. The predicted octanol–water partition coefficient (Wildman–Crippen LogP) is 1.96. The average Bonchev–Trinajstić information content (AvgIpc) is 2.60. The van der Waals surface area contributed by atoms with Gasteiger partial charge in [0.05, 0.1) is 5.69 Å². The Kier molecular flexibility index (Phi) is 5.21. The van der Waals surface area contributed by atoms with Gasteiger partial charge in [-0.2, -0.15) is 10.4 Å². The Hall–Kier alpha value is -3.46. The van der Waals surface area contributed by atoms with E-state index in [0.717, 1.165) is 0 Å². The van der Waals surface area contributed by atoms with E-state index in [9.17, 15) is 9.59 Å². The van der Waals surface area contributed by atoms with Crippen LogP contribution in [0.4, 0.5) is 5.69 Å². The Morgan fingerprint density at radius 2 is 1.61 bits per heavy atom. The van der Waals surface area contributed by atoms with Gasteiger partial charge in [0.2, 0.25) is 5.71 Å². The second-order valence-electron chi connectivity index (χ2n) is 4.57. The van der Waals surface area contributed by atoms with Crippen molar-refractivity contribution in [3.05, 3.63) is 66.2 Å². The van der Waals surface area contributed by atoms with E-state index in [0.29, 0.717) is 11.3 Å². The molecule has 0 unspecified atom stereocenters. The largest absolute Gasteiger partial charge is 0.289 e. The number of para-hydroxylation sites is 1. The lowest BCUT2D eigenvalue weighted by atomic mass is 10.2. The van der Waals surface area contributed by atoms with E-state index in [-0.39, 0.29) is 0 Å². The van der Waals surface area contributed by atoms with Gasteiger partial charge in [-0.25, -0.2) is 0 Å². The molecule has 0 atom stereocenters. The van der Waals surface area contributed by atoms with Gasteiger partial charge in [0.15, 0.2) is 0 Å². The van der Waals surface area contributed by atoms with E-state index in [2.05, 4.69) is 10.4 Å². The van der Waals surface area contributed by atoms with E-state index in [1.165, 1.54) is 5.01 Å². The lowest BCUT2D eigenvalue weighted by molar-refractivity contribution is -0.113. The standard InChI is InChI=1S/C17H14N4O2/c1-21(14-10-6-3-7-11-14)20-15(12-18)17(23)19-16(22)13-8-4-2-5-9-13/h2-11H,1H3,(H,19,22,23)/b20-15+. The van der Waals surface area contributed by atoms with Crippen LogP contribution in [-0.4, -0.2) is 24.6 Å². The van der Waals surface area contributed by atoms with E-state index in [4.69, 9.17) is 5.26 Å². The molecule has 114 valence electrons. The topological polar surface area (TPSA) is 85.6 Å². The summed E-state index contributed by atoms with van der Waals surface area (Å²) in [6.07, 6.45) is 0. The zero-order chi connectivity index (χ0) is 16.7. The van der Waals surface area contributed by atoms with Crippen LogP contribution in [-0.2, 0) is 4.79 Å². The molecule has 0 aliphatic carbocycles. The summed E-state index contributed by atoms with van der Waals surface area (Å²) in [6.45, 7) is 0. The smallest absolute Gasteiger partial charge is 0.286 e. The van der Waals surface area contributed by atoms with E-state index < -0.39 is 17.5 Å². The van der Waals surface area contributed by atoms with Gasteiger partial charge >= 0.3 is 0 Å². The molecule has 2 aromatic rings. The first-order valence-electron chi connectivity index (χ1n) is 6.80. The van der Waals surface area contributed by atoms with E-state index in [1.807, 2.05) is 18.2 Å². The summed E-state index contributed by atoms with van der Waals surface area (Å²) in [5.74, 6) is -1.43. The minimum atomic E-state index is -0.843. The number of hydrogen-bond acceptors (Lipinski definition) is 5. The molecule has 0 fully saturated rings. The van der Waals surface area contributed by atoms with Crippen molar-refractivity contribution in [1.82, 2.24) is 5.32 Å². The quantitative estimate of drug-likeness (QED) is 0.691. The molecular weight excluding hydrogens is 292 g/mol. The highest BCUT2D eigenvalue weighted by molar-refractivity contribution is 6.47. The average molecular weight is 306 g/mol. The van der Waals surface area contributed by atoms with Crippen molar-refractivity contribution in [2.45, 2.75) is 0 Å². The third-order valence-corrected chi connectivity index (χ3v) is 2.96. The number of carbonyl (C=O) groups is 2. The van der Waals surface area contributed by atoms with Crippen LogP contribution in [0.25, 0.3) is 0 Å². The van der Waals surface area contributed by atoms with Gasteiger partial charge in [-0.3, -0.25) is 19.9 Å². The van der Waals surface area contributed by atoms with Crippen LogP contribution >= 0.6 is 0 Å². The van der Waals surface area contributed by atoms with Gasteiger partial charge in [-0.1, -0.05) is 36.4 Å². The molecule has 2 amide bonds. The molecule has 0 saturated carbocycles. The molecular formula is C17H14N4O2. The molecule has 0 aliphatic heterocycles. The number of rotatable bonds is 4. The fourth-order valence-corrected chi connectivity index (χ4v) is 1.79. The molecule has 0 aromatic heterocycles. The van der Waals surface area contributed by atoms with Crippen LogP contribution in [0, 0.1) is 11.3 Å². The van der Waals surface area contributed by atoms with Crippen LogP contribution in [0.1, 0.15) is 10.4 Å². The summed E-state index contributed by atoms with van der Waals surface area (Å²) in [6, 6.07) is 19.0. The lowest BCUT2D eigenvalue weighted by Crippen LogP contribution is -2.36. The normalized spacial score (nSPS) is 10.5. The van der Waals surface area contributed by atoms with Crippen molar-refractivity contribution < 1.29 is 9.59 Å². The Bertz CT molecular complexity index is 764. The fraction of sp³-hybridized carbons (Fsp3) is 0.0588.